The summed E-state index contributed by atoms with van der Waals surface area (Å²) in [5.41, 5.74) is 5.66. The molecule has 4 aromatic rings. The second-order valence-electron chi connectivity index (χ2n) is 22.2. The van der Waals surface area contributed by atoms with Crippen LogP contribution in [0.4, 0.5) is 4.79 Å². The molecule has 4 saturated heterocycles. The molecule has 5 aliphatic heterocycles. The van der Waals surface area contributed by atoms with E-state index in [4.69, 9.17) is 11.2 Å². The third-order valence-electron chi connectivity index (χ3n) is 16.7. The Labute approximate surface area is 411 Å². The zero-order valence-electron chi connectivity index (χ0n) is 41.4. The number of carbonyl (C=O) groups is 3. The number of piperidine rings is 2. The number of rotatable bonds is 10. The Bertz CT molecular complexity index is 2640. The van der Waals surface area contributed by atoms with Crippen molar-refractivity contribution >= 4 is 28.9 Å². The van der Waals surface area contributed by atoms with Gasteiger partial charge in [-0.05, 0) is 113 Å². The number of phenols is 1. The molecule has 4 atom stereocenters. The first-order chi connectivity index (χ1) is 33.6. The van der Waals surface area contributed by atoms with E-state index >= 15 is 0 Å². The van der Waals surface area contributed by atoms with Crippen LogP contribution in [0, 0.1) is 23.2 Å². The number of benzene rings is 2. The normalized spacial score (nSPS) is 24.2. The van der Waals surface area contributed by atoms with E-state index in [2.05, 4.69) is 59.4 Å². The number of H-pyrrole nitrogens is 1. The maximum atomic E-state index is 14.2. The number of aromatic amines is 1. The number of carbonyl (C=O) groups excluding carboxylic acids is 3. The van der Waals surface area contributed by atoms with Crippen LogP contribution in [0.15, 0.2) is 48.5 Å². The minimum absolute atomic E-state index is 0.0118. The maximum absolute atomic E-state index is 14.2. The fourth-order valence-electron chi connectivity index (χ4n) is 12.8. The van der Waals surface area contributed by atoms with Crippen LogP contribution >= 0.6 is 0 Å². The van der Waals surface area contributed by atoms with Crippen LogP contribution in [-0.4, -0.2) is 164 Å². The number of likely N-dealkylation sites (tertiary alicyclic amines) is 4. The number of aliphatic hydroxyl groups excluding tert-OH is 1. The first-order valence-electron chi connectivity index (χ1n) is 25.5. The van der Waals surface area contributed by atoms with Crippen LogP contribution in [0.1, 0.15) is 101 Å². The van der Waals surface area contributed by atoms with Crippen molar-refractivity contribution in [2.75, 3.05) is 59.5 Å². The standard InChI is InChI=1S/C54H70N10O6/c1-7-34-12-13-35(46(24-34)70-6)29-55-50(67)44-25-39(65)30-64(44)51(68)48(53(3,4)5)57-52(69)62-31-54(32-62)27-38(28-54)61-19-14-36(15-20-61)60-21-16-37(17-22-60)63-23-18-42-47(33(63)2)41-26-43(58-59-49(41)56-42)40-10-8-9-11-45(40)66/h1,8-13,24,26,33,36-39,44,48,65-66H,14-23,25,27-32H2,2-6H3,(H,55,67)(H,56,59)(H,57,69)/t33-,39-,44+,48-/m1/s1. The van der Waals surface area contributed by atoms with E-state index in [0.717, 1.165) is 68.6 Å². The summed E-state index contributed by atoms with van der Waals surface area (Å²) in [4.78, 5) is 56.6. The number of amides is 4. The van der Waals surface area contributed by atoms with Gasteiger partial charge in [0.2, 0.25) is 11.8 Å². The molecule has 16 nitrogen and oxygen atoms in total. The topological polar surface area (TPSA) is 183 Å². The summed E-state index contributed by atoms with van der Waals surface area (Å²) in [6, 6.07) is 14.6. The molecule has 5 fully saturated rings. The molecule has 2 aromatic heterocycles. The number of phenolic OH excluding ortho intramolecular Hbond substituents is 1. The van der Waals surface area contributed by atoms with Crippen molar-refractivity contribution in [3.05, 3.63) is 70.9 Å². The van der Waals surface area contributed by atoms with Crippen LogP contribution in [0.2, 0.25) is 0 Å². The highest BCUT2D eigenvalue weighted by molar-refractivity contribution is 5.93. The molecule has 0 radical (unpaired) electrons. The number of urea groups is 1. The van der Waals surface area contributed by atoms with Gasteiger partial charge in [-0.1, -0.05) is 44.9 Å². The van der Waals surface area contributed by atoms with Gasteiger partial charge >= 0.3 is 6.03 Å². The summed E-state index contributed by atoms with van der Waals surface area (Å²) in [6.45, 7) is 15.1. The van der Waals surface area contributed by atoms with Crippen LogP contribution in [-0.2, 0) is 22.6 Å². The van der Waals surface area contributed by atoms with Gasteiger partial charge in [0, 0.05) is 103 Å². The average Bonchev–Trinajstić information content (AvgIpc) is 3.92. The predicted molar refractivity (Wildman–Crippen MR) is 267 cm³/mol. The van der Waals surface area contributed by atoms with Crippen molar-refractivity contribution in [1.82, 2.24) is 50.3 Å². The highest BCUT2D eigenvalue weighted by atomic mass is 16.5. The number of β-amino-alcohol motifs (C(OH)–C–C–N with tert-alkyl or cyclic N) is 1. The van der Waals surface area contributed by atoms with E-state index in [1.165, 1.54) is 49.0 Å². The number of ether oxygens (including phenoxy) is 1. The molecule has 1 aliphatic carbocycles. The van der Waals surface area contributed by atoms with Gasteiger partial charge in [-0.3, -0.25) is 14.5 Å². The molecule has 6 aliphatic rings. The Kier molecular flexibility index (Phi) is 13.1. The Morgan fingerprint density at radius 3 is 2.34 bits per heavy atom. The largest absolute Gasteiger partial charge is 0.507 e. The number of terminal acetylenes is 1. The van der Waals surface area contributed by atoms with Gasteiger partial charge in [0.15, 0.2) is 5.65 Å². The van der Waals surface area contributed by atoms with Crippen LogP contribution in [0.3, 0.4) is 0 Å². The summed E-state index contributed by atoms with van der Waals surface area (Å²) < 4.78 is 5.47. The summed E-state index contributed by atoms with van der Waals surface area (Å²) in [5, 5.41) is 37.3. The maximum Gasteiger partial charge on any atom is 0.318 e. The van der Waals surface area contributed by atoms with Crippen molar-refractivity contribution < 1.29 is 29.3 Å². The average molecular weight is 955 g/mol. The number of aromatic hydroxyl groups is 1. The summed E-state index contributed by atoms with van der Waals surface area (Å²) in [6.07, 6.45) is 12.7. The molecule has 16 heteroatoms. The molecule has 4 amide bonds. The van der Waals surface area contributed by atoms with Gasteiger partial charge in [0.1, 0.15) is 23.6 Å². The van der Waals surface area contributed by atoms with Gasteiger partial charge in [-0.25, -0.2) is 4.79 Å². The molecular weight excluding hydrogens is 885 g/mol. The van der Waals surface area contributed by atoms with Gasteiger partial charge in [0.25, 0.3) is 0 Å². The first kappa shape index (κ1) is 47.9. The number of para-hydroxylation sites is 1. The minimum atomic E-state index is -0.890. The monoisotopic (exact) mass is 955 g/mol. The molecule has 7 heterocycles. The number of methoxy groups -OCH3 is 1. The van der Waals surface area contributed by atoms with Crippen LogP contribution in [0.5, 0.6) is 11.5 Å². The molecule has 10 rings (SSSR count). The SMILES string of the molecule is C#Cc1ccc(CNC(=O)[C@@H]2C[C@@H](O)CN2C(=O)[C@@H](NC(=O)N2CC3(CC(N4CCC(N5CCC(N6CCc7[nH]c8nnc(-c9ccccc9O)cc8c7[C@H]6C)CC5)CC4)C3)C2)C(C)(C)C)c(OC)c1. The quantitative estimate of drug-likeness (QED) is 0.135. The molecule has 0 bridgehead atoms. The predicted octanol–water partition coefficient (Wildman–Crippen LogP) is 5.04. The van der Waals surface area contributed by atoms with E-state index in [9.17, 15) is 24.6 Å². The zero-order valence-corrected chi connectivity index (χ0v) is 41.4. The third kappa shape index (κ3) is 9.22. The number of aliphatic hydroxyl groups is 1. The fraction of sp³-hybridized carbons (Fsp3) is 0.574. The summed E-state index contributed by atoms with van der Waals surface area (Å²) in [5.74, 6) is 2.58. The Balaban J connectivity index is 0.669. The van der Waals surface area contributed by atoms with Crippen molar-refractivity contribution in [2.45, 2.75) is 128 Å². The first-order valence-corrected chi connectivity index (χ1v) is 25.5. The minimum Gasteiger partial charge on any atom is -0.507 e. The number of aromatic nitrogens is 3. The van der Waals surface area contributed by atoms with E-state index < -0.39 is 23.6 Å². The molecule has 0 unspecified atom stereocenters. The lowest BCUT2D eigenvalue weighted by molar-refractivity contribution is -0.142. The summed E-state index contributed by atoms with van der Waals surface area (Å²) in [7, 11) is 1.54. The smallest absolute Gasteiger partial charge is 0.318 e. The van der Waals surface area contributed by atoms with Gasteiger partial charge < -0.3 is 50.2 Å². The lowest BCUT2D eigenvalue weighted by atomic mass is 9.60. The number of nitrogens with one attached hydrogen (secondary N) is 3. The highest BCUT2D eigenvalue weighted by Gasteiger charge is 2.56. The van der Waals surface area contributed by atoms with E-state index in [0.29, 0.717) is 53.8 Å². The van der Waals surface area contributed by atoms with Gasteiger partial charge in [-0.2, -0.15) is 0 Å². The van der Waals surface area contributed by atoms with Crippen molar-refractivity contribution in [2.24, 2.45) is 10.8 Å². The van der Waals surface area contributed by atoms with E-state index in [1.807, 2.05) is 43.9 Å². The zero-order chi connectivity index (χ0) is 49.1. The molecule has 1 spiro atoms. The Morgan fingerprint density at radius 2 is 1.66 bits per heavy atom. The van der Waals surface area contributed by atoms with Gasteiger partial charge in [0.05, 0.1) is 18.9 Å². The van der Waals surface area contributed by atoms with Crippen molar-refractivity contribution in [3.63, 3.8) is 0 Å². The van der Waals surface area contributed by atoms with Crippen molar-refractivity contribution in [1.29, 1.82) is 0 Å². The highest BCUT2D eigenvalue weighted by Crippen LogP contribution is 2.51. The second kappa shape index (κ2) is 19.1. The number of nitrogens with zero attached hydrogens (tertiary/aromatic N) is 7. The van der Waals surface area contributed by atoms with Crippen LogP contribution in [0.25, 0.3) is 22.3 Å². The molecule has 5 N–H and O–H groups in total. The number of hydrogen-bond acceptors (Lipinski definition) is 11. The molecule has 70 heavy (non-hydrogen) atoms. The van der Waals surface area contributed by atoms with Crippen molar-refractivity contribution in [3.8, 4) is 35.1 Å². The Hall–Kier alpha value is -5.73. The summed E-state index contributed by atoms with van der Waals surface area (Å²) >= 11 is 0. The second-order valence-corrected chi connectivity index (χ2v) is 22.2. The molecule has 1 saturated carbocycles. The molecule has 372 valence electrons. The number of fused-ring (bicyclic) bond motifs is 3. The molecule has 2 aromatic carbocycles. The lowest BCUT2D eigenvalue weighted by Crippen LogP contribution is -2.70. The lowest BCUT2D eigenvalue weighted by Gasteiger charge is -2.61. The third-order valence-corrected chi connectivity index (χ3v) is 16.7. The molecular formula is C54H70N10O6. The van der Waals surface area contributed by atoms with Gasteiger partial charge in [-0.15, -0.1) is 16.6 Å². The van der Waals surface area contributed by atoms with E-state index in [1.54, 1.807) is 24.3 Å². The fourth-order valence-corrected chi connectivity index (χ4v) is 12.8. The van der Waals surface area contributed by atoms with Crippen LogP contribution < -0.4 is 15.4 Å². The Morgan fingerprint density at radius 1 is 0.957 bits per heavy atom. The number of hydrogen-bond donors (Lipinski definition) is 5. The van der Waals surface area contributed by atoms with E-state index in [-0.39, 0.29) is 54.6 Å².